The van der Waals surface area contributed by atoms with Crippen LogP contribution in [0.3, 0.4) is 0 Å². The molecule has 0 aromatic heterocycles. The Labute approximate surface area is 163 Å². The second-order valence-corrected chi connectivity index (χ2v) is 6.61. The third-order valence-corrected chi connectivity index (χ3v) is 4.65. The van der Waals surface area contributed by atoms with Crippen LogP contribution in [0.1, 0.15) is 26.3 Å². The van der Waals surface area contributed by atoms with Crippen molar-refractivity contribution in [3.8, 4) is 5.75 Å². The van der Waals surface area contributed by atoms with Crippen molar-refractivity contribution in [2.24, 2.45) is 0 Å². The van der Waals surface area contributed by atoms with Crippen LogP contribution in [0.2, 0.25) is 0 Å². The highest BCUT2D eigenvalue weighted by Gasteiger charge is 2.26. The number of benzene rings is 2. The van der Waals surface area contributed by atoms with Crippen molar-refractivity contribution in [2.75, 3.05) is 32.8 Å². The standard InChI is InChI=1S/C21H22N2O5/c1-15-5-4-6-16(13-15)28-14-19(24)22-9-11-23(12-10-22)20(25)17-7-2-3-8-18(17)21(26)27/h2-8,13H,9-12,14H2,1H3,(H,26,27)/p-1. The van der Waals surface area contributed by atoms with Gasteiger partial charge in [-0.2, -0.15) is 0 Å². The molecule has 2 aromatic carbocycles. The molecule has 1 fully saturated rings. The van der Waals surface area contributed by atoms with Gasteiger partial charge in [-0.25, -0.2) is 0 Å². The Hall–Kier alpha value is -3.35. The fraction of sp³-hybridized carbons (Fsp3) is 0.286. The maximum Gasteiger partial charge on any atom is 0.260 e. The van der Waals surface area contributed by atoms with Crippen LogP contribution in [0, 0.1) is 6.92 Å². The van der Waals surface area contributed by atoms with Crippen LogP contribution >= 0.6 is 0 Å². The fourth-order valence-electron chi connectivity index (χ4n) is 3.12. The summed E-state index contributed by atoms with van der Waals surface area (Å²) >= 11 is 0. The van der Waals surface area contributed by atoms with E-state index < -0.39 is 5.97 Å². The van der Waals surface area contributed by atoms with Gasteiger partial charge in [0.15, 0.2) is 6.61 Å². The zero-order chi connectivity index (χ0) is 20.1. The smallest absolute Gasteiger partial charge is 0.260 e. The largest absolute Gasteiger partial charge is 0.545 e. The van der Waals surface area contributed by atoms with Gasteiger partial charge in [0.25, 0.3) is 11.8 Å². The lowest BCUT2D eigenvalue weighted by molar-refractivity contribution is -0.255. The molecule has 146 valence electrons. The number of carbonyl (C=O) groups excluding carboxylic acids is 3. The minimum absolute atomic E-state index is 0.0646. The molecule has 7 heteroatoms. The molecule has 0 saturated carbocycles. The first-order valence-electron chi connectivity index (χ1n) is 9.02. The number of amides is 2. The Morgan fingerprint density at radius 1 is 0.929 bits per heavy atom. The molecule has 7 nitrogen and oxygen atoms in total. The van der Waals surface area contributed by atoms with E-state index in [-0.39, 0.29) is 29.5 Å². The highest BCUT2D eigenvalue weighted by atomic mass is 16.5. The summed E-state index contributed by atoms with van der Waals surface area (Å²) in [5.41, 5.74) is 1.02. The van der Waals surface area contributed by atoms with Crippen LogP contribution in [0.5, 0.6) is 5.75 Å². The number of hydrogen-bond donors (Lipinski definition) is 0. The van der Waals surface area contributed by atoms with E-state index >= 15 is 0 Å². The molecule has 2 amide bonds. The highest BCUT2D eigenvalue weighted by molar-refractivity contribution is 6.04. The zero-order valence-electron chi connectivity index (χ0n) is 15.6. The number of carboxylic acids is 1. The first-order valence-corrected chi connectivity index (χ1v) is 9.02. The lowest BCUT2D eigenvalue weighted by Gasteiger charge is -2.35. The number of hydrogen-bond acceptors (Lipinski definition) is 5. The maximum absolute atomic E-state index is 12.7. The molecule has 0 N–H and O–H groups in total. The van der Waals surface area contributed by atoms with Crippen molar-refractivity contribution >= 4 is 17.8 Å². The molecule has 0 aliphatic carbocycles. The topological polar surface area (TPSA) is 90.0 Å². The van der Waals surface area contributed by atoms with Gasteiger partial charge in [-0.3, -0.25) is 9.59 Å². The first kappa shape index (κ1) is 19.4. The van der Waals surface area contributed by atoms with Gasteiger partial charge < -0.3 is 24.4 Å². The number of aromatic carboxylic acids is 1. The van der Waals surface area contributed by atoms with Crippen molar-refractivity contribution < 1.29 is 24.2 Å². The fourth-order valence-corrected chi connectivity index (χ4v) is 3.12. The second-order valence-electron chi connectivity index (χ2n) is 6.61. The molecule has 1 aliphatic heterocycles. The van der Waals surface area contributed by atoms with Crippen LogP contribution in [0.4, 0.5) is 0 Å². The van der Waals surface area contributed by atoms with Gasteiger partial charge in [0.1, 0.15) is 5.75 Å². The predicted octanol–water partition coefficient (Wildman–Crippen LogP) is 0.722. The molecule has 28 heavy (non-hydrogen) atoms. The number of aryl methyl sites for hydroxylation is 1. The van der Waals surface area contributed by atoms with Crippen LogP contribution in [-0.2, 0) is 4.79 Å². The molecule has 2 aromatic rings. The first-order chi connectivity index (χ1) is 13.5. The summed E-state index contributed by atoms with van der Waals surface area (Å²) in [4.78, 5) is 39.4. The number of ether oxygens (including phenoxy) is 1. The third-order valence-electron chi connectivity index (χ3n) is 4.65. The number of carbonyl (C=O) groups is 3. The maximum atomic E-state index is 12.7. The Morgan fingerprint density at radius 3 is 2.21 bits per heavy atom. The van der Waals surface area contributed by atoms with E-state index in [1.807, 2.05) is 25.1 Å². The highest BCUT2D eigenvalue weighted by Crippen LogP contribution is 2.15. The SMILES string of the molecule is Cc1cccc(OCC(=O)N2CCN(C(=O)c3ccccc3C(=O)[O-])CC2)c1. The zero-order valence-corrected chi connectivity index (χ0v) is 15.6. The molecule has 1 heterocycles. The number of piperazine rings is 1. The summed E-state index contributed by atoms with van der Waals surface area (Å²) in [5, 5.41) is 11.2. The van der Waals surface area contributed by atoms with Gasteiger partial charge in [0, 0.05) is 37.3 Å². The molecular weight excluding hydrogens is 360 g/mol. The Bertz CT molecular complexity index is 888. The van der Waals surface area contributed by atoms with E-state index in [9.17, 15) is 19.5 Å². The number of carboxylic acid groups (broad SMARTS) is 1. The predicted molar refractivity (Wildman–Crippen MR) is 99.9 cm³/mol. The lowest BCUT2D eigenvalue weighted by Crippen LogP contribution is -2.51. The normalized spacial score (nSPS) is 13.9. The molecule has 0 spiro atoms. The van der Waals surface area contributed by atoms with Crippen molar-refractivity contribution in [1.29, 1.82) is 0 Å². The van der Waals surface area contributed by atoms with Crippen molar-refractivity contribution in [1.82, 2.24) is 9.80 Å². The number of nitrogens with zero attached hydrogens (tertiary/aromatic N) is 2. The van der Waals surface area contributed by atoms with E-state index in [2.05, 4.69) is 0 Å². The monoisotopic (exact) mass is 381 g/mol. The summed E-state index contributed by atoms with van der Waals surface area (Å²) in [5.74, 6) is -1.27. The van der Waals surface area contributed by atoms with Gasteiger partial charge in [-0.05, 0) is 30.7 Å². The average Bonchev–Trinajstić information content (AvgIpc) is 2.71. The van der Waals surface area contributed by atoms with Crippen molar-refractivity contribution in [3.05, 3.63) is 65.2 Å². The summed E-state index contributed by atoms with van der Waals surface area (Å²) in [6, 6.07) is 13.5. The van der Waals surface area contributed by atoms with Crippen LogP contribution < -0.4 is 9.84 Å². The summed E-state index contributed by atoms with van der Waals surface area (Å²) in [6.07, 6.45) is 0. The van der Waals surface area contributed by atoms with E-state index in [1.165, 1.54) is 12.1 Å². The molecule has 1 aliphatic rings. The average molecular weight is 381 g/mol. The van der Waals surface area contributed by atoms with Crippen LogP contribution in [-0.4, -0.2) is 60.4 Å². The third kappa shape index (κ3) is 4.49. The van der Waals surface area contributed by atoms with Gasteiger partial charge >= 0.3 is 0 Å². The van der Waals surface area contributed by atoms with Gasteiger partial charge in [0.05, 0.1) is 5.97 Å². The van der Waals surface area contributed by atoms with E-state index in [0.29, 0.717) is 31.9 Å². The molecule has 0 bridgehead atoms. The minimum atomic E-state index is -1.38. The summed E-state index contributed by atoms with van der Waals surface area (Å²) < 4.78 is 5.54. The molecule has 0 radical (unpaired) electrons. The van der Waals surface area contributed by atoms with E-state index in [4.69, 9.17) is 4.74 Å². The van der Waals surface area contributed by atoms with E-state index in [0.717, 1.165) is 5.56 Å². The molecule has 3 rings (SSSR count). The van der Waals surface area contributed by atoms with E-state index in [1.54, 1.807) is 28.0 Å². The quantitative estimate of drug-likeness (QED) is 0.761. The summed E-state index contributed by atoms with van der Waals surface area (Å²) in [6.45, 7) is 3.28. The van der Waals surface area contributed by atoms with Gasteiger partial charge in [-0.15, -0.1) is 0 Å². The van der Waals surface area contributed by atoms with Crippen LogP contribution in [0.15, 0.2) is 48.5 Å². The Morgan fingerprint density at radius 2 is 1.57 bits per heavy atom. The van der Waals surface area contributed by atoms with Crippen molar-refractivity contribution in [2.45, 2.75) is 6.92 Å². The van der Waals surface area contributed by atoms with Crippen LogP contribution in [0.25, 0.3) is 0 Å². The second kappa shape index (κ2) is 8.56. The van der Waals surface area contributed by atoms with Crippen molar-refractivity contribution in [3.63, 3.8) is 0 Å². The Kier molecular flexibility index (Phi) is 5.93. The molecular formula is C21H21N2O5-. The van der Waals surface area contributed by atoms with Gasteiger partial charge in [-0.1, -0.05) is 30.3 Å². The lowest BCUT2D eigenvalue weighted by atomic mass is 10.1. The van der Waals surface area contributed by atoms with Gasteiger partial charge in [0.2, 0.25) is 0 Å². The number of rotatable bonds is 5. The Balaban J connectivity index is 1.55. The summed E-state index contributed by atoms with van der Waals surface area (Å²) in [7, 11) is 0. The molecule has 0 atom stereocenters. The molecule has 0 unspecified atom stereocenters. The molecule has 1 saturated heterocycles. The minimum Gasteiger partial charge on any atom is -0.545 e.